The fourth-order valence-corrected chi connectivity index (χ4v) is 5.26. The summed E-state index contributed by atoms with van der Waals surface area (Å²) in [6.45, 7) is 0. The molecule has 0 fully saturated rings. The quantitative estimate of drug-likeness (QED) is 0.238. The minimum Gasteiger partial charge on any atom is -0.264 e. The Labute approximate surface area is 213 Å². The molecule has 0 aliphatic carbocycles. The molecule has 0 radical (unpaired) electrons. The van der Waals surface area contributed by atoms with Gasteiger partial charge in [-0.05, 0) is 75.5 Å². The normalized spacial score (nSPS) is 11.4. The van der Waals surface area contributed by atoms with Crippen LogP contribution in [0, 0.1) is 5.82 Å². The van der Waals surface area contributed by atoms with Crippen molar-refractivity contribution in [1.82, 2.24) is 9.97 Å². The van der Waals surface area contributed by atoms with E-state index in [-0.39, 0.29) is 5.82 Å². The molecule has 0 bridgehead atoms. The van der Waals surface area contributed by atoms with Gasteiger partial charge in [0, 0.05) is 34.1 Å². The average molecular weight is 477 g/mol. The van der Waals surface area contributed by atoms with Crippen molar-refractivity contribution < 1.29 is 4.39 Å². The summed E-state index contributed by atoms with van der Waals surface area (Å²) in [6, 6.07) is 38.3. The van der Waals surface area contributed by atoms with Gasteiger partial charge in [-0.3, -0.25) is 4.98 Å². The summed E-state index contributed by atoms with van der Waals surface area (Å²) >= 11 is 0. The molecule has 0 atom stereocenters. The van der Waals surface area contributed by atoms with Gasteiger partial charge in [-0.1, -0.05) is 72.8 Å². The molecular formula is C34H21FN2. The van der Waals surface area contributed by atoms with Crippen molar-refractivity contribution >= 4 is 32.4 Å². The Balaban J connectivity index is 1.55. The van der Waals surface area contributed by atoms with Crippen LogP contribution in [-0.4, -0.2) is 9.97 Å². The number of nitrogens with zero attached hydrogens (tertiary/aromatic N) is 2. The third-order valence-electron chi connectivity index (χ3n) is 7.01. The number of para-hydroxylation sites is 1. The van der Waals surface area contributed by atoms with E-state index in [0.29, 0.717) is 0 Å². The van der Waals surface area contributed by atoms with Crippen LogP contribution in [0.25, 0.3) is 66.0 Å². The predicted octanol–water partition coefficient (Wildman–Crippen LogP) is 9.08. The van der Waals surface area contributed by atoms with Crippen LogP contribution in [0.5, 0.6) is 0 Å². The first kappa shape index (κ1) is 21.4. The smallest absolute Gasteiger partial charge is 0.123 e. The number of benzene rings is 5. The van der Waals surface area contributed by atoms with Gasteiger partial charge in [0.1, 0.15) is 5.82 Å². The Bertz CT molecular complexity index is 1910. The lowest BCUT2D eigenvalue weighted by atomic mass is 9.89. The van der Waals surface area contributed by atoms with Crippen molar-refractivity contribution in [2.75, 3.05) is 0 Å². The highest BCUT2D eigenvalue weighted by Gasteiger charge is 2.16. The first-order valence-electron chi connectivity index (χ1n) is 12.3. The van der Waals surface area contributed by atoms with Gasteiger partial charge in [-0.2, -0.15) is 0 Å². The fraction of sp³-hybridized carbons (Fsp3) is 0. The van der Waals surface area contributed by atoms with E-state index in [9.17, 15) is 4.39 Å². The zero-order chi connectivity index (χ0) is 24.8. The maximum atomic E-state index is 13.8. The zero-order valence-corrected chi connectivity index (χ0v) is 19.9. The van der Waals surface area contributed by atoms with E-state index in [1.165, 1.54) is 22.9 Å². The SMILES string of the molecule is Fc1ccc(-c2nc3ccccc3c3c2cc(-c2ccc(-c4cccnc4)cc2)c2ccccc23)cc1. The van der Waals surface area contributed by atoms with Gasteiger partial charge in [0.2, 0.25) is 0 Å². The van der Waals surface area contributed by atoms with E-state index in [2.05, 4.69) is 77.8 Å². The number of fused-ring (bicyclic) bond motifs is 5. The van der Waals surface area contributed by atoms with E-state index < -0.39 is 0 Å². The number of hydrogen-bond acceptors (Lipinski definition) is 2. The molecule has 0 N–H and O–H groups in total. The van der Waals surface area contributed by atoms with Crippen molar-refractivity contribution in [1.29, 1.82) is 0 Å². The molecule has 0 saturated carbocycles. The summed E-state index contributed by atoms with van der Waals surface area (Å²) in [4.78, 5) is 9.32. The second-order valence-corrected chi connectivity index (χ2v) is 9.20. The molecule has 7 rings (SSSR count). The van der Waals surface area contributed by atoms with Crippen LogP contribution in [0.15, 0.2) is 128 Å². The van der Waals surface area contributed by atoms with Gasteiger partial charge < -0.3 is 0 Å². The number of aromatic nitrogens is 2. The van der Waals surface area contributed by atoms with Crippen LogP contribution in [-0.2, 0) is 0 Å². The van der Waals surface area contributed by atoms with E-state index in [0.717, 1.165) is 55.2 Å². The Kier molecular flexibility index (Phi) is 5.00. The van der Waals surface area contributed by atoms with E-state index in [1.54, 1.807) is 6.20 Å². The molecule has 2 nitrogen and oxygen atoms in total. The lowest BCUT2D eigenvalue weighted by molar-refractivity contribution is 0.628. The van der Waals surface area contributed by atoms with E-state index >= 15 is 0 Å². The molecule has 2 aromatic heterocycles. The van der Waals surface area contributed by atoms with Crippen LogP contribution in [0.3, 0.4) is 0 Å². The summed E-state index contributed by atoms with van der Waals surface area (Å²) < 4.78 is 13.8. The summed E-state index contributed by atoms with van der Waals surface area (Å²) in [5.41, 5.74) is 7.16. The zero-order valence-electron chi connectivity index (χ0n) is 19.9. The lowest BCUT2D eigenvalue weighted by Gasteiger charge is -2.16. The topological polar surface area (TPSA) is 25.8 Å². The highest BCUT2D eigenvalue weighted by Crippen LogP contribution is 2.41. The summed E-state index contributed by atoms with van der Waals surface area (Å²) in [7, 11) is 0. The third kappa shape index (κ3) is 3.64. The Hall–Kier alpha value is -4.89. The van der Waals surface area contributed by atoms with Crippen molar-refractivity contribution in [2.24, 2.45) is 0 Å². The second kappa shape index (κ2) is 8.65. The number of rotatable bonds is 3. The third-order valence-corrected chi connectivity index (χ3v) is 7.01. The fourth-order valence-electron chi connectivity index (χ4n) is 5.26. The van der Waals surface area contributed by atoms with Crippen molar-refractivity contribution in [3.63, 3.8) is 0 Å². The molecule has 0 saturated heterocycles. The highest BCUT2D eigenvalue weighted by atomic mass is 19.1. The minimum atomic E-state index is -0.256. The van der Waals surface area contributed by atoms with E-state index in [4.69, 9.17) is 4.98 Å². The molecule has 0 spiro atoms. The molecule has 5 aromatic carbocycles. The van der Waals surface area contributed by atoms with Gasteiger partial charge in [0.15, 0.2) is 0 Å². The van der Waals surface area contributed by atoms with Crippen LogP contribution in [0.2, 0.25) is 0 Å². The molecule has 174 valence electrons. The molecule has 37 heavy (non-hydrogen) atoms. The first-order valence-corrected chi connectivity index (χ1v) is 12.3. The highest BCUT2D eigenvalue weighted by molar-refractivity contribution is 6.25. The molecule has 0 unspecified atom stereocenters. The van der Waals surface area contributed by atoms with Crippen molar-refractivity contribution in [3.8, 4) is 33.5 Å². The molecule has 0 aliphatic heterocycles. The van der Waals surface area contributed by atoms with Crippen LogP contribution < -0.4 is 0 Å². The van der Waals surface area contributed by atoms with Gasteiger partial charge >= 0.3 is 0 Å². The summed E-state index contributed by atoms with van der Waals surface area (Å²) in [5.74, 6) is -0.256. The van der Waals surface area contributed by atoms with Gasteiger partial charge in [0.25, 0.3) is 0 Å². The molecule has 7 aromatic rings. The molecule has 0 amide bonds. The Morgan fingerprint density at radius 1 is 0.514 bits per heavy atom. The van der Waals surface area contributed by atoms with Crippen LogP contribution in [0.4, 0.5) is 4.39 Å². The Morgan fingerprint density at radius 3 is 1.95 bits per heavy atom. The first-order chi connectivity index (χ1) is 18.3. The molecule has 0 aliphatic rings. The van der Waals surface area contributed by atoms with Crippen LogP contribution >= 0.6 is 0 Å². The number of hydrogen-bond donors (Lipinski definition) is 0. The lowest BCUT2D eigenvalue weighted by Crippen LogP contribution is -1.93. The predicted molar refractivity (Wildman–Crippen MR) is 151 cm³/mol. The monoisotopic (exact) mass is 476 g/mol. The summed E-state index contributed by atoms with van der Waals surface area (Å²) in [6.07, 6.45) is 3.67. The van der Waals surface area contributed by atoms with Gasteiger partial charge in [-0.15, -0.1) is 0 Å². The van der Waals surface area contributed by atoms with Crippen molar-refractivity contribution in [2.45, 2.75) is 0 Å². The van der Waals surface area contributed by atoms with Gasteiger partial charge in [0.05, 0.1) is 11.2 Å². The second-order valence-electron chi connectivity index (χ2n) is 9.20. The van der Waals surface area contributed by atoms with E-state index in [1.807, 2.05) is 36.5 Å². The maximum Gasteiger partial charge on any atom is 0.123 e. The molecule has 2 heterocycles. The molecular weight excluding hydrogens is 455 g/mol. The largest absolute Gasteiger partial charge is 0.264 e. The Morgan fingerprint density at radius 2 is 1.19 bits per heavy atom. The van der Waals surface area contributed by atoms with Crippen LogP contribution in [0.1, 0.15) is 0 Å². The standard InChI is InChI=1S/C34H21FN2/c35-26-17-15-24(16-18-26)34-31-20-30(23-13-11-22(12-14-23)25-6-5-19-36-21-25)27-7-1-2-8-28(27)33(31)29-9-3-4-10-32(29)37-34/h1-21H. The van der Waals surface area contributed by atoms with Gasteiger partial charge in [-0.25, -0.2) is 9.37 Å². The summed E-state index contributed by atoms with van der Waals surface area (Å²) in [5, 5.41) is 5.68. The number of pyridine rings is 2. The molecule has 3 heteroatoms. The van der Waals surface area contributed by atoms with Crippen molar-refractivity contribution in [3.05, 3.63) is 133 Å². The maximum absolute atomic E-state index is 13.8. The minimum absolute atomic E-state index is 0.256. The number of halogens is 1. The average Bonchev–Trinajstić information content (AvgIpc) is 2.97.